The van der Waals surface area contributed by atoms with E-state index in [4.69, 9.17) is 11.6 Å². The van der Waals surface area contributed by atoms with E-state index in [-0.39, 0.29) is 5.56 Å². The van der Waals surface area contributed by atoms with Crippen LogP contribution in [0.5, 0.6) is 0 Å². The van der Waals surface area contributed by atoms with Crippen LogP contribution in [0.1, 0.15) is 5.69 Å². The van der Waals surface area contributed by atoms with Crippen LogP contribution >= 0.6 is 11.6 Å². The number of pyridine rings is 1. The molecule has 0 bridgehead atoms. The topological polar surface area (TPSA) is 30.2 Å². The number of hydrogen-bond acceptors (Lipinski definition) is 2. The molecule has 1 aromatic carbocycles. The number of rotatable bonds is 1. The van der Waals surface area contributed by atoms with Crippen LogP contribution in [0.25, 0.3) is 17.0 Å². The first-order valence-electron chi connectivity index (χ1n) is 5.43. The number of halogens is 2. The van der Waals surface area contributed by atoms with E-state index in [0.717, 1.165) is 5.69 Å². The summed E-state index contributed by atoms with van der Waals surface area (Å²) in [6, 6.07) is 10.1. The lowest BCUT2D eigenvalue weighted by molar-refractivity contribution is 0.630. The normalized spacial score (nSPS) is 11.1. The Morgan fingerprint density at radius 2 is 1.94 bits per heavy atom. The summed E-state index contributed by atoms with van der Waals surface area (Å²) in [5.41, 5.74) is 1.84. The SMILES string of the molecule is Cc1cccc2nc(-c3c(F)cccc3Cl)nn12. The molecule has 0 fully saturated rings. The number of aryl methyl sites for hydroxylation is 1. The fraction of sp³-hybridized carbons (Fsp3) is 0.0769. The van der Waals surface area contributed by atoms with Crippen molar-refractivity contribution in [2.24, 2.45) is 0 Å². The van der Waals surface area contributed by atoms with Crippen molar-refractivity contribution < 1.29 is 4.39 Å². The maximum atomic E-state index is 13.8. The first kappa shape index (κ1) is 11.2. The summed E-state index contributed by atoms with van der Waals surface area (Å²) in [5.74, 6) is -0.122. The minimum atomic E-state index is -0.420. The van der Waals surface area contributed by atoms with Gasteiger partial charge in [0.15, 0.2) is 11.5 Å². The molecule has 2 heterocycles. The first-order chi connectivity index (χ1) is 8.66. The van der Waals surface area contributed by atoms with Crippen LogP contribution in [0.4, 0.5) is 4.39 Å². The maximum Gasteiger partial charge on any atom is 0.186 e. The highest BCUT2D eigenvalue weighted by molar-refractivity contribution is 6.33. The summed E-state index contributed by atoms with van der Waals surface area (Å²) in [6.45, 7) is 1.91. The van der Waals surface area contributed by atoms with Gasteiger partial charge in [0.05, 0.1) is 10.6 Å². The molecule has 3 rings (SSSR count). The Morgan fingerprint density at radius 1 is 1.17 bits per heavy atom. The van der Waals surface area contributed by atoms with E-state index in [1.165, 1.54) is 6.07 Å². The molecule has 2 aromatic heterocycles. The molecule has 0 N–H and O–H groups in total. The van der Waals surface area contributed by atoms with E-state index in [9.17, 15) is 4.39 Å². The minimum absolute atomic E-state index is 0.238. The molecule has 0 spiro atoms. The fourth-order valence-electron chi connectivity index (χ4n) is 1.85. The van der Waals surface area contributed by atoms with E-state index in [1.54, 1.807) is 16.6 Å². The standard InChI is InChI=1S/C13H9ClFN3/c1-8-4-2-7-11-16-13(17-18(8)11)12-9(14)5-3-6-10(12)15/h2-7H,1H3. The summed E-state index contributed by atoms with van der Waals surface area (Å²) in [4.78, 5) is 4.29. The van der Waals surface area contributed by atoms with Gasteiger partial charge in [-0.2, -0.15) is 0 Å². The molecule has 0 radical (unpaired) electrons. The number of benzene rings is 1. The first-order valence-corrected chi connectivity index (χ1v) is 5.81. The monoisotopic (exact) mass is 261 g/mol. The molecule has 0 aliphatic carbocycles. The van der Waals surface area contributed by atoms with Crippen molar-refractivity contribution in [3.05, 3.63) is 52.9 Å². The third-order valence-electron chi connectivity index (χ3n) is 2.74. The zero-order chi connectivity index (χ0) is 12.7. The van der Waals surface area contributed by atoms with Crippen LogP contribution in [0.15, 0.2) is 36.4 Å². The van der Waals surface area contributed by atoms with Crippen molar-refractivity contribution >= 4 is 17.2 Å². The molecule has 3 aromatic rings. The van der Waals surface area contributed by atoms with Crippen LogP contribution in [0.3, 0.4) is 0 Å². The summed E-state index contributed by atoms with van der Waals surface area (Å²) < 4.78 is 15.5. The molecule has 90 valence electrons. The third-order valence-corrected chi connectivity index (χ3v) is 3.05. The number of fused-ring (bicyclic) bond motifs is 1. The summed E-state index contributed by atoms with van der Waals surface area (Å²) in [5, 5.41) is 4.59. The fourth-order valence-corrected chi connectivity index (χ4v) is 2.10. The Kier molecular flexibility index (Phi) is 2.52. The Hall–Kier alpha value is -1.94. The van der Waals surface area contributed by atoms with Crippen molar-refractivity contribution in [1.29, 1.82) is 0 Å². The summed E-state index contributed by atoms with van der Waals surface area (Å²) in [7, 11) is 0. The lowest BCUT2D eigenvalue weighted by Crippen LogP contribution is -1.93. The van der Waals surface area contributed by atoms with Crippen molar-refractivity contribution in [3.8, 4) is 11.4 Å². The van der Waals surface area contributed by atoms with Gasteiger partial charge in [-0.3, -0.25) is 0 Å². The zero-order valence-electron chi connectivity index (χ0n) is 9.56. The highest BCUT2D eigenvalue weighted by atomic mass is 35.5. The van der Waals surface area contributed by atoms with Gasteiger partial charge in [-0.25, -0.2) is 13.9 Å². The molecule has 0 saturated heterocycles. The van der Waals surface area contributed by atoms with E-state index in [0.29, 0.717) is 16.5 Å². The van der Waals surface area contributed by atoms with Crippen molar-refractivity contribution in [3.63, 3.8) is 0 Å². The predicted octanol–water partition coefficient (Wildman–Crippen LogP) is 3.50. The van der Waals surface area contributed by atoms with Gasteiger partial charge in [-0.15, -0.1) is 5.10 Å². The molecule has 0 aliphatic rings. The van der Waals surface area contributed by atoms with E-state index in [2.05, 4.69) is 10.1 Å². The van der Waals surface area contributed by atoms with Crippen molar-refractivity contribution in [2.75, 3.05) is 0 Å². The largest absolute Gasteiger partial charge is 0.218 e. The van der Waals surface area contributed by atoms with Crippen molar-refractivity contribution in [2.45, 2.75) is 6.92 Å². The molecule has 0 saturated carbocycles. The van der Waals surface area contributed by atoms with Gasteiger partial charge in [-0.05, 0) is 31.2 Å². The Balaban J connectivity index is 2.30. The van der Waals surface area contributed by atoms with E-state index < -0.39 is 5.82 Å². The van der Waals surface area contributed by atoms with Gasteiger partial charge in [0.25, 0.3) is 0 Å². The molecule has 0 unspecified atom stereocenters. The molecular weight excluding hydrogens is 253 g/mol. The van der Waals surface area contributed by atoms with Crippen LogP contribution in [0.2, 0.25) is 5.02 Å². The molecule has 0 amide bonds. The molecule has 3 nitrogen and oxygen atoms in total. The number of nitrogens with zero attached hydrogens (tertiary/aromatic N) is 3. The smallest absolute Gasteiger partial charge is 0.186 e. The van der Waals surface area contributed by atoms with Crippen LogP contribution < -0.4 is 0 Å². The summed E-state index contributed by atoms with van der Waals surface area (Å²) >= 11 is 6.00. The molecule has 0 aliphatic heterocycles. The van der Waals surface area contributed by atoms with E-state index >= 15 is 0 Å². The highest BCUT2D eigenvalue weighted by Crippen LogP contribution is 2.28. The Bertz CT molecular complexity index is 716. The molecular formula is C13H9ClFN3. The van der Waals surface area contributed by atoms with Gasteiger partial charge in [0.2, 0.25) is 0 Å². The average molecular weight is 262 g/mol. The molecule has 0 atom stereocenters. The second-order valence-electron chi connectivity index (χ2n) is 3.97. The van der Waals surface area contributed by atoms with Gasteiger partial charge >= 0.3 is 0 Å². The average Bonchev–Trinajstić information content (AvgIpc) is 2.74. The lowest BCUT2D eigenvalue weighted by Gasteiger charge is -2.00. The quantitative estimate of drug-likeness (QED) is 0.671. The lowest BCUT2D eigenvalue weighted by atomic mass is 10.2. The Labute approximate surface area is 108 Å². The van der Waals surface area contributed by atoms with Gasteiger partial charge < -0.3 is 0 Å². The van der Waals surface area contributed by atoms with Gasteiger partial charge in [0.1, 0.15) is 5.82 Å². The zero-order valence-corrected chi connectivity index (χ0v) is 10.3. The number of hydrogen-bond donors (Lipinski definition) is 0. The molecule has 5 heteroatoms. The third kappa shape index (κ3) is 1.66. The minimum Gasteiger partial charge on any atom is -0.218 e. The van der Waals surface area contributed by atoms with Crippen LogP contribution in [-0.4, -0.2) is 14.6 Å². The maximum absolute atomic E-state index is 13.8. The second kappa shape index (κ2) is 4.07. The summed E-state index contributed by atoms with van der Waals surface area (Å²) in [6.07, 6.45) is 0. The van der Waals surface area contributed by atoms with E-state index in [1.807, 2.05) is 25.1 Å². The van der Waals surface area contributed by atoms with Crippen LogP contribution in [0, 0.1) is 12.7 Å². The highest BCUT2D eigenvalue weighted by Gasteiger charge is 2.15. The van der Waals surface area contributed by atoms with Gasteiger partial charge in [0, 0.05) is 5.69 Å². The Morgan fingerprint density at radius 3 is 2.67 bits per heavy atom. The van der Waals surface area contributed by atoms with Gasteiger partial charge in [-0.1, -0.05) is 23.7 Å². The second-order valence-corrected chi connectivity index (χ2v) is 4.38. The van der Waals surface area contributed by atoms with Crippen molar-refractivity contribution in [1.82, 2.24) is 14.6 Å². The number of aromatic nitrogens is 3. The van der Waals surface area contributed by atoms with Crippen LogP contribution in [-0.2, 0) is 0 Å². The molecule has 18 heavy (non-hydrogen) atoms. The predicted molar refractivity (Wildman–Crippen MR) is 68.1 cm³/mol.